The second-order valence-electron chi connectivity index (χ2n) is 5.49. The van der Waals surface area contributed by atoms with Crippen LogP contribution in [0.4, 0.5) is 0 Å². The predicted molar refractivity (Wildman–Crippen MR) is 80.0 cm³/mol. The summed E-state index contributed by atoms with van der Waals surface area (Å²) in [7, 11) is 0. The van der Waals surface area contributed by atoms with Crippen LogP contribution in [0.2, 0.25) is 0 Å². The van der Waals surface area contributed by atoms with E-state index in [1.165, 1.54) is 42.4 Å². The summed E-state index contributed by atoms with van der Waals surface area (Å²) < 4.78 is 0. The minimum Gasteiger partial charge on any atom is -0.361 e. The van der Waals surface area contributed by atoms with Gasteiger partial charge in [0.2, 0.25) is 0 Å². The second-order valence-corrected chi connectivity index (χ2v) is 5.49. The van der Waals surface area contributed by atoms with Crippen LogP contribution in [-0.2, 0) is 6.42 Å². The molecule has 1 fully saturated rings. The first-order valence-electron chi connectivity index (χ1n) is 7.17. The quantitative estimate of drug-likeness (QED) is 0.882. The van der Waals surface area contributed by atoms with Crippen LogP contribution in [0.15, 0.2) is 30.5 Å². The van der Waals surface area contributed by atoms with Gasteiger partial charge in [0, 0.05) is 29.7 Å². The van der Waals surface area contributed by atoms with Crippen molar-refractivity contribution in [1.29, 1.82) is 0 Å². The summed E-state index contributed by atoms with van der Waals surface area (Å²) in [5, 5.41) is 1.31. The smallest absolute Gasteiger partial charge is 0.0456 e. The highest BCUT2D eigenvalue weighted by Crippen LogP contribution is 2.19. The highest BCUT2D eigenvalue weighted by atomic mass is 15.1. The van der Waals surface area contributed by atoms with Gasteiger partial charge in [-0.2, -0.15) is 0 Å². The normalized spacial score (nSPS) is 18.8. The van der Waals surface area contributed by atoms with Crippen LogP contribution in [0, 0.1) is 6.42 Å². The van der Waals surface area contributed by atoms with Gasteiger partial charge in [0.1, 0.15) is 0 Å². The monoisotopic (exact) mass is 256 g/mol. The van der Waals surface area contributed by atoms with Crippen LogP contribution in [0.3, 0.4) is 0 Å². The number of benzene rings is 1. The molecule has 3 heteroatoms. The Bertz CT molecular complexity index is 526. The van der Waals surface area contributed by atoms with Crippen molar-refractivity contribution in [2.24, 2.45) is 5.73 Å². The molecule has 3 nitrogen and oxygen atoms in total. The largest absolute Gasteiger partial charge is 0.361 e. The molecule has 1 aromatic carbocycles. The number of nitrogens with two attached hydrogens (primary N) is 1. The van der Waals surface area contributed by atoms with Crippen molar-refractivity contribution in [3.05, 3.63) is 42.4 Å². The van der Waals surface area contributed by atoms with Crippen LogP contribution < -0.4 is 5.73 Å². The molecule has 3 rings (SSSR count). The van der Waals surface area contributed by atoms with Gasteiger partial charge in [0.15, 0.2) is 0 Å². The molecule has 0 amide bonds. The van der Waals surface area contributed by atoms with Crippen LogP contribution in [0.1, 0.15) is 18.4 Å². The molecule has 2 aromatic rings. The lowest BCUT2D eigenvalue weighted by Gasteiger charge is -2.28. The summed E-state index contributed by atoms with van der Waals surface area (Å²) in [6.07, 6.45) is 7.85. The van der Waals surface area contributed by atoms with Gasteiger partial charge in [-0.3, -0.25) is 0 Å². The van der Waals surface area contributed by atoms with Gasteiger partial charge in [-0.05, 0) is 50.4 Å². The number of aromatic amines is 1. The standard InChI is InChI=1S/C16H22N3/c17-14(12-19-8-4-1-5-9-19)10-13-11-18-16-7-3-2-6-15(13)16/h1-3,6-7,11,14,18H,4-5,8-10,12,17H2. The van der Waals surface area contributed by atoms with E-state index in [0.29, 0.717) is 0 Å². The van der Waals surface area contributed by atoms with Gasteiger partial charge in [0.05, 0.1) is 0 Å². The Morgan fingerprint density at radius 3 is 2.84 bits per heavy atom. The Morgan fingerprint density at radius 2 is 2.00 bits per heavy atom. The maximum atomic E-state index is 6.32. The number of nitrogens with one attached hydrogen (secondary N) is 1. The minimum atomic E-state index is 0.220. The van der Waals surface area contributed by atoms with Crippen LogP contribution in [-0.4, -0.2) is 35.6 Å². The van der Waals surface area contributed by atoms with Gasteiger partial charge in [-0.15, -0.1) is 0 Å². The molecule has 1 atom stereocenters. The van der Waals surface area contributed by atoms with E-state index in [9.17, 15) is 0 Å². The van der Waals surface area contributed by atoms with E-state index in [1.54, 1.807) is 0 Å². The number of hydrogen-bond donors (Lipinski definition) is 2. The van der Waals surface area contributed by atoms with Crippen LogP contribution in [0.5, 0.6) is 0 Å². The molecule has 0 aliphatic carbocycles. The summed E-state index contributed by atoms with van der Waals surface area (Å²) in [6, 6.07) is 8.66. The molecular formula is C16H22N3. The number of hydrogen-bond acceptors (Lipinski definition) is 2. The van der Waals surface area contributed by atoms with E-state index in [1.807, 2.05) is 0 Å². The van der Waals surface area contributed by atoms with Gasteiger partial charge < -0.3 is 15.6 Å². The summed E-state index contributed by atoms with van der Waals surface area (Å²) >= 11 is 0. The third kappa shape index (κ3) is 2.99. The molecule has 1 unspecified atom stereocenters. The fraction of sp³-hybridized carbons (Fsp3) is 0.438. The number of likely N-dealkylation sites (tertiary alicyclic amines) is 1. The number of piperidine rings is 1. The highest BCUT2D eigenvalue weighted by molar-refractivity contribution is 5.83. The number of nitrogens with zero attached hydrogens (tertiary/aromatic N) is 1. The molecule has 1 aromatic heterocycles. The lowest BCUT2D eigenvalue weighted by Crippen LogP contribution is -2.41. The SMILES string of the molecule is NC(Cc1c[nH]c2ccccc12)CN1CC[CH]CC1. The van der Waals surface area contributed by atoms with Crippen molar-refractivity contribution >= 4 is 10.9 Å². The molecule has 2 heterocycles. The van der Waals surface area contributed by atoms with E-state index in [4.69, 9.17) is 5.73 Å². The zero-order valence-corrected chi connectivity index (χ0v) is 11.3. The van der Waals surface area contributed by atoms with E-state index in [-0.39, 0.29) is 6.04 Å². The van der Waals surface area contributed by atoms with Crippen molar-refractivity contribution in [1.82, 2.24) is 9.88 Å². The number of para-hydroxylation sites is 1. The van der Waals surface area contributed by atoms with E-state index in [2.05, 4.69) is 46.8 Å². The zero-order valence-electron chi connectivity index (χ0n) is 11.3. The first-order valence-corrected chi connectivity index (χ1v) is 7.17. The average molecular weight is 256 g/mol. The first-order chi connectivity index (χ1) is 9.33. The predicted octanol–water partition coefficient (Wildman–Crippen LogP) is 2.34. The highest BCUT2D eigenvalue weighted by Gasteiger charge is 2.15. The van der Waals surface area contributed by atoms with Crippen LogP contribution in [0.25, 0.3) is 10.9 Å². The lowest BCUT2D eigenvalue weighted by atomic mass is 10.0. The molecule has 101 valence electrons. The van der Waals surface area contributed by atoms with Gasteiger partial charge in [-0.1, -0.05) is 18.2 Å². The van der Waals surface area contributed by atoms with Crippen molar-refractivity contribution in [3.8, 4) is 0 Å². The molecule has 0 bridgehead atoms. The van der Waals surface area contributed by atoms with Crippen LogP contribution >= 0.6 is 0 Å². The number of aromatic nitrogens is 1. The molecule has 19 heavy (non-hydrogen) atoms. The maximum absolute atomic E-state index is 6.32. The molecule has 3 N–H and O–H groups in total. The summed E-state index contributed by atoms with van der Waals surface area (Å²) in [6.45, 7) is 3.34. The molecule has 1 radical (unpaired) electrons. The molecule has 1 aliphatic rings. The zero-order chi connectivity index (χ0) is 13.1. The Labute approximate surface area is 114 Å². The van der Waals surface area contributed by atoms with Crippen molar-refractivity contribution < 1.29 is 0 Å². The minimum absolute atomic E-state index is 0.220. The summed E-state index contributed by atoms with van der Waals surface area (Å²) in [5.41, 5.74) is 8.87. The fourth-order valence-electron chi connectivity index (χ4n) is 2.97. The third-order valence-corrected chi connectivity index (χ3v) is 3.95. The molecule has 1 saturated heterocycles. The lowest BCUT2D eigenvalue weighted by molar-refractivity contribution is 0.238. The van der Waals surface area contributed by atoms with E-state index in [0.717, 1.165) is 13.0 Å². The third-order valence-electron chi connectivity index (χ3n) is 3.95. The van der Waals surface area contributed by atoms with E-state index >= 15 is 0 Å². The van der Waals surface area contributed by atoms with Gasteiger partial charge >= 0.3 is 0 Å². The van der Waals surface area contributed by atoms with E-state index < -0.39 is 0 Å². The molecular weight excluding hydrogens is 234 g/mol. The Morgan fingerprint density at radius 1 is 1.21 bits per heavy atom. The average Bonchev–Trinajstić information content (AvgIpc) is 2.83. The number of fused-ring (bicyclic) bond motifs is 1. The van der Waals surface area contributed by atoms with Gasteiger partial charge in [-0.25, -0.2) is 0 Å². The Hall–Kier alpha value is -1.32. The molecule has 0 spiro atoms. The second kappa shape index (κ2) is 5.76. The molecule has 1 aliphatic heterocycles. The van der Waals surface area contributed by atoms with Crippen molar-refractivity contribution in [2.75, 3.05) is 19.6 Å². The van der Waals surface area contributed by atoms with Gasteiger partial charge in [0.25, 0.3) is 0 Å². The van der Waals surface area contributed by atoms with Crippen molar-refractivity contribution in [3.63, 3.8) is 0 Å². The Balaban J connectivity index is 1.63. The summed E-state index contributed by atoms with van der Waals surface area (Å²) in [5.74, 6) is 0. The fourth-order valence-corrected chi connectivity index (χ4v) is 2.97. The molecule has 0 saturated carbocycles. The number of H-pyrrole nitrogens is 1. The maximum Gasteiger partial charge on any atom is 0.0456 e. The Kier molecular flexibility index (Phi) is 3.85. The summed E-state index contributed by atoms with van der Waals surface area (Å²) in [4.78, 5) is 5.81. The van der Waals surface area contributed by atoms with Crippen molar-refractivity contribution in [2.45, 2.75) is 25.3 Å². The number of rotatable bonds is 4. The topological polar surface area (TPSA) is 45.1 Å². The first kappa shape index (κ1) is 12.7.